The van der Waals surface area contributed by atoms with Crippen molar-refractivity contribution < 1.29 is 44.7 Å². The zero-order chi connectivity index (χ0) is 37.8. The molecule has 4 heterocycles. The zero-order valence-corrected chi connectivity index (χ0v) is 27.3. The highest BCUT2D eigenvalue weighted by molar-refractivity contribution is 5.99. The van der Waals surface area contributed by atoms with Crippen LogP contribution in [0.3, 0.4) is 0 Å². The van der Waals surface area contributed by atoms with Gasteiger partial charge in [0.2, 0.25) is 5.56 Å². The first-order valence-electron chi connectivity index (χ1n) is 16.3. The second-order valence-corrected chi connectivity index (χ2v) is 13.0. The number of amides is 1. The maximum Gasteiger partial charge on any atom is 0.290 e. The van der Waals surface area contributed by atoms with Crippen LogP contribution in [0.1, 0.15) is 75.7 Å². The standard InChI is InChI=1S/C37H27F8N5O3/c38-23-10-18(11-24(39)15-23)9-22(12-25(51)17-50-33-30(32(49-50)34(40)41)36(42,43)6-7-37(33,44)45)31-26(19-1-2-21-16-47-35(53)27(21)13-19)3-4-28(48-31)20-5-8-46-29(52)14-20/h1-5,8,10-11,13-15,22,34H,6-7,9,12,16-17H2,(H,46,52)(H,47,53)/t22-/m1/s1. The number of H-pyrrole nitrogens is 1. The number of pyridine rings is 2. The Bertz CT molecular complexity index is 2320. The highest BCUT2D eigenvalue weighted by Gasteiger charge is 2.55. The Kier molecular flexibility index (Phi) is 9.02. The molecule has 274 valence electrons. The summed E-state index contributed by atoms with van der Waals surface area (Å²) in [6.07, 6.45) is -5.95. The molecule has 0 unspecified atom stereocenters. The van der Waals surface area contributed by atoms with Crippen molar-refractivity contribution in [2.24, 2.45) is 0 Å². The molecular formula is C37H27F8N5O3. The molecule has 1 aliphatic heterocycles. The smallest absolute Gasteiger partial charge is 0.290 e. The fourth-order valence-electron chi connectivity index (χ4n) is 7.00. The number of ketones is 1. The second kappa shape index (κ2) is 13.4. The van der Waals surface area contributed by atoms with Crippen LogP contribution >= 0.6 is 0 Å². The predicted molar refractivity (Wildman–Crippen MR) is 174 cm³/mol. The summed E-state index contributed by atoms with van der Waals surface area (Å²) in [5.41, 5.74) is -2.45. The number of alkyl halides is 6. The van der Waals surface area contributed by atoms with Crippen molar-refractivity contribution in [1.82, 2.24) is 25.1 Å². The summed E-state index contributed by atoms with van der Waals surface area (Å²) in [5, 5.41) is 6.09. The molecule has 53 heavy (non-hydrogen) atoms. The van der Waals surface area contributed by atoms with Gasteiger partial charge in [-0.1, -0.05) is 18.2 Å². The van der Waals surface area contributed by atoms with E-state index in [-0.39, 0.29) is 34.0 Å². The topological polar surface area (TPSA) is 110 Å². The molecule has 5 aromatic rings. The van der Waals surface area contributed by atoms with Gasteiger partial charge in [0.25, 0.3) is 24.2 Å². The molecule has 1 aliphatic carbocycles. The number of carbonyl (C=O) groups is 2. The third-order valence-corrected chi connectivity index (χ3v) is 9.34. The van der Waals surface area contributed by atoms with Crippen LogP contribution in [0.5, 0.6) is 0 Å². The van der Waals surface area contributed by atoms with E-state index in [9.17, 15) is 40.7 Å². The summed E-state index contributed by atoms with van der Waals surface area (Å²) in [7, 11) is 0. The summed E-state index contributed by atoms with van der Waals surface area (Å²) in [4.78, 5) is 45.8. The summed E-state index contributed by atoms with van der Waals surface area (Å²) in [6.45, 7) is -0.824. The molecule has 0 saturated heterocycles. The summed E-state index contributed by atoms with van der Waals surface area (Å²) in [5.74, 6) is -12.3. The summed E-state index contributed by atoms with van der Waals surface area (Å²) >= 11 is 0. The van der Waals surface area contributed by atoms with Crippen LogP contribution in [0.25, 0.3) is 22.4 Å². The van der Waals surface area contributed by atoms with E-state index in [1.54, 1.807) is 36.4 Å². The highest BCUT2D eigenvalue weighted by atomic mass is 19.3. The van der Waals surface area contributed by atoms with E-state index in [0.717, 1.165) is 12.1 Å². The fraction of sp³-hybridized carbons (Fsp3) is 0.270. The van der Waals surface area contributed by atoms with Gasteiger partial charge in [-0.15, -0.1) is 0 Å². The Hall–Kier alpha value is -5.67. The van der Waals surface area contributed by atoms with Gasteiger partial charge in [-0.2, -0.15) is 13.9 Å². The Balaban J connectivity index is 1.36. The molecule has 2 aliphatic rings. The van der Waals surface area contributed by atoms with E-state index in [1.165, 1.54) is 12.3 Å². The third-order valence-electron chi connectivity index (χ3n) is 9.34. The lowest BCUT2D eigenvalue weighted by Crippen LogP contribution is -2.33. The number of nitrogens with one attached hydrogen (secondary N) is 2. The van der Waals surface area contributed by atoms with E-state index in [0.29, 0.717) is 40.4 Å². The van der Waals surface area contributed by atoms with Crippen molar-refractivity contribution >= 4 is 11.7 Å². The minimum absolute atomic E-state index is 0.0607. The lowest BCUT2D eigenvalue weighted by Gasteiger charge is -2.29. The first-order chi connectivity index (χ1) is 25.1. The Morgan fingerprint density at radius 2 is 1.58 bits per heavy atom. The molecule has 0 saturated carbocycles. The van der Waals surface area contributed by atoms with E-state index < -0.39 is 89.9 Å². The number of fused-ring (bicyclic) bond motifs is 2. The number of carbonyl (C=O) groups excluding carboxylic acids is 2. The number of hydrogen-bond donors (Lipinski definition) is 2. The molecule has 0 spiro atoms. The molecule has 7 rings (SSSR count). The molecule has 0 fully saturated rings. The van der Waals surface area contributed by atoms with Gasteiger partial charge in [0, 0.05) is 66.7 Å². The van der Waals surface area contributed by atoms with Gasteiger partial charge in [-0.25, -0.2) is 26.3 Å². The number of rotatable bonds is 10. The van der Waals surface area contributed by atoms with Crippen molar-refractivity contribution in [3.8, 4) is 22.4 Å². The van der Waals surface area contributed by atoms with Gasteiger partial charge in [-0.05, 0) is 53.4 Å². The minimum Gasteiger partial charge on any atom is -0.348 e. The van der Waals surface area contributed by atoms with Gasteiger partial charge in [0.1, 0.15) is 29.6 Å². The SMILES string of the molecule is O=C(C[C@@H](Cc1cc(F)cc(F)c1)c1nc(-c2cc[nH]c(=O)c2)ccc1-c1ccc2c(c1)C(=O)NC2)Cn1nc(C(F)F)c2c1C(F)(F)CCC2(F)F. The zero-order valence-electron chi connectivity index (χ0n) is 27.3. The quantitative estimate of drug-likeness (QED) is 0.143. The van der Waals surface area contributed by atoms with Gasteiger partial charge in [-0.3, -0.25) is 24.0 Å². The van der Waals surface area contributed by atoms with E-state index >= 15 is 8.78 Å². The number of Topliss-reactive ketones (excluding diaryl/α,β-unsaturated/α-hetero) is 1. The number of hydrogen-bond acceptors (Lipinski definition) is 5. The first kappa shape index (κ1) is 35.7. The highest BCUT2D eigenvalue weighted by Crippen LogP contribution is 2.52. The molecule has 2 aromatic carbocycles. The average Bonchev–Trinajstić information content (AvgIpc) is 3.68. The lowest BCUT2D eigenvalue weighted by atomic mass is 9.85. The Morgan fingerprint density at radius 3 is 2.30 bits per heavy atom. The molecular weight excluding hydrogens is 714 g/mol. The third kappa shape index (κ3) is 6.97. The van der Waals surface area contributed by atoms with Gasteiger partial charge in [0.15, 0.2) is 5.78 Å². The van der Waals surface area contributed by atoms with Crippen molar-refractivity contribution in [3.63, 3.8) is 0 Å². The number of benzene rings is 2. The molecule has 8 nitrogen and oxygen atoms in total. The first-order valence-corrected chi connectivity index (χ1v) is 16.3. The molecule has 2 N–H and O–H groups in total. The van der Waals surface area contributed by atoms with E-state index in [1.807, 2.05) is 0 Å². The van der Waals surface area contributed by atoms with Crippen LogP contribution in [0.4, 0.5) is 35.1 Å². The summed E-state index contributed by atoms with van der Waals surface area (Å²) in [6, 6.07) is 13.6. The van der Waals surface area contributed by atoms with Crippen molar-refractivity contribution in [2.45, 2.75) is 63.0 Å². The van der Waals surface area contributed by atoms with Gasteiger partial charge in [0.05, 0.1) is 17.0 Å². The van der Waals surface area contributed by atoms with Crippen LogP contribution in [0, 0.1) is 11.6 Å². The number of aromatic amines is 1. The van der Waals surface area contributed by atoms with Gasteiger partial charge >= 0.3 is 0 Å². The second-order valence-electron chi connectivity index (χ2n) is 13.0. The number of halogens is 8. The van der Waals surface area contributed by atoms with Gasteiger partial charge < -0.3 is 10.3 Å². The summed E-state index contributed by atoms with van der Waals surface area (Å²) < 4.78 is 117. The monoisotopic (exact) mass is 741 g/mol. The van der Waals surface area contributed by atoms with Crippen molar-refractivity contribution in [1.29, 1.82) is 0 Å². The van der Waals surface area contributed by atoms with Crippen molar-refractivity contribution in [3.05, 3.63) is 128 Å². The lowest BCUT2D eigenvalue weighted by molar-refractivity contribution is -0.121. The fourth-order valence-corrected chi connectivity index (χ4v) is 7.00. The van der Waals surface area contributed by atoms with Crippen LogP contribution in [0.15, 0.2) is 71.7 Å². The predicted octanol–water partition coefficient (Wildman–Crippen LogP) is 7.72. The van der Waals surface area contributed by atoms with Crippen LogP contribution in [-0.4, -0.2) is 31.4 Å². The molecule has 1 atom stereocenters. The maximum atomic E-state index is 15.1. The van der Waals surface area contributed by atoms with E-state index in [4.69, 9.17) is 4.98 Å². The normalized spacial score (nSPS) is 16.3. The Morgan fingerprint density at radius 1 is 0.849 bits per heavy atom. The Labute approximate surface area is 294 Å². The number of nitrogens with zero attached hydrogens (tertiary/aromatic N) is 3. The molecule has 3 aromatic heterocycles. The van der Waals surface area contributed by atoms with Crippen LogP contribution < -0.4 is 10.9 Å². The molecule has 0 bridgehead atoms. The van der Waals surface area contributed by atoms with Crippen molar-refractivity contribution in [2.75, 3.05) is 0 Å². The number of aromatic nitrogens is 4. The average molecular weight is 742 g/mol. The largest absolute Gasteiger partial charge is 0.348 e. The molecule has 16 heteroatoms. The molecule has 0 radical (unpaired) electrons. The molecule has 1 amide bonds. The van der Waals surface area contributed by atoms with Crippen LogP contribution in [-0.2, 0) is 36.1 Å². The van der Waals surface area contributed by atoms with Crippen LogP contribution in [0.2, 0.25) is 0 Å². The maximum absolute atomic E-state index is 15.1. The van der Waals surface area contributed by atoms with E-state index in [2.05, 4.69) is 15.4 Å². The minimum atomic E-state index is -4.06.